The molecule has 0 radical (unpaired) electrons. The SMILES string of the molecule is N#Cc1c(-c2ccccc2)cc(-c2cccs2)nc1S(=O)CCCCCl. The molecule has 0 fully saturated rings. The lowest BCUT2D eigenvalue weighted by molar-refractivity contribution is 0.676. The Morgan fingerprint density at radius 3 is 2.62 bits per heavy atom. The van der Waals surface area contributed by atoms with Crippen molar-refractivity contribution >= 4 is 33.7 Å². The fourth-order valence-corrected chi connectivity index (χ4v) is 4.73. The summed E-state index contributed by atoms with van der Waals surface area (Å²) >= 11 is 7.30. The topological polar surface area (TPSA) is 53.8 Å². The van der Waals surface area contributed by atoms with Gasteiger partial charge in [0, 0.05) is 17.2 Å². The van der Waals surface area contributed by atoms with Crippen LogP contribution in [0.15, 0.2) is 58.9 Å². The largest absolute Gasteiger partial charge is 0.253 e. The third-order valence-corrected chi connectivity index (χ3v) is 6.43. The third-order valence-electron chi connectivity index (χ3n) is 3.89. The first-order valence-corrected chi connectivity index (χ1v) is 11.0. The molecule has 0 aliphatic rings. The summed E-state index contributed by atoms with van der Waals surface area (Å²) in [5, 5.41) is 12.1. The molecule has 0 spiro atoms. The molecule has 6 heteroatoms. The molecule has 0 aliphatic heterocycles. The van der Waals surface area contributed by atoms with Gasteiger partial charge in [0.1, 0.15) is 11.1 Å². The van der Waals surface area contributed by atoms with Crippen molar-refractivity contribution in [2.24, 2.45) is 0 Å². The fraction of sp³-hybridized carbons (Fsp3) is 0.200. The maximum Gasteiger partial charge on any atom is 0.146 e. The molecule has 3 aromatic rings. The summed E-state index contributed by atoms with van der Waals surface area (Å²) in [5.41, 5.74) is 2.83. The second kappa shape index (κ2) is 9.09. The monoisotopic (exact) mass is 400 g/mol. The average Bonchev–Trinajstić information content (AvgIpc) is 3.22. The molecule has 2 aromatic heterocycles. The highest BCUT2D eigenvalue weighted by atomic mass is 35.5. The van der Waals surface area contributed by atoms with Gasteiger partial charge in [-0.2, -0.15) is 5.26 Å². The van der Waals surface area contributed by atoms with Crippen LogP contribution in [-0.2, 0) is 10.8 Å². The molecule has 0 amide bonds. The van der Waals surface area contributed by atoms with Gasteiger partial charge in [0.15, 0.2) is 0 Å². The Morgan fingerprint density at radius 2 is 1.96 bits per heavy atom. The van der Waals surface area contributed by atoms with Crippen LogP contribution in [0, 0.1) is 11.3 Å². The van der Waals surface area contributed by atoms with Gasteiger partial charge >= 0.3 is 0 Å². The number of benzene rings is 1. The summed E-state index contributed by atoms with van der Waals surface area (Å²) < 4.78 is 12.9. The summed E-state index contributed by atoms with van der Waals surface area (Å²) in [4.78, 5) is 5.60. The Balaban J connectivity index is 2.14. The summed E-state index contributed by atoms with van der Waals surface area (Å²) in [6.07, 6.45) is 1.54. The van der Waals surface area contributed by atoms with E-state index in [1.54, 1.807) is 11.3 Å². The predicted molar refractivity (Wildman–Crippen MR) is 109 cm³/mol. The molecule has 1 aromatic carbocycles. The normalized spacial score (nSPS) is 11.8. The summed E-state index contributed by atoms with van der Waals surface area (Å²) in [6.45, 7) is 0. The van der Waals surface area contributed by atoms with E-state index in [4.69, 9.17) is 11.6 Å². The van der Waals surface area contributed by atoms with Crippen LogP contribution in [-0.4, -0.2) is 20.8 Å². The molecule has 0 saturated heterocycles. The zero-order valence-electron chi connectivity index (χ0n) is 14.0. The van der Waals surface area contributed by atoms with Crippen molar-refractivity contribution < 1.29 is 4.21 Å². The van der Waals surface area contributed by atoms with Gasteiger partial charge in [-0.3, -0.25) is 4.21 Å². The zero-order chi connectivity index (χ0) is 18.4. The zero-order valence-corrected chi connectivity index (χ0v) is 16.4. The number of unbranched alkanes of at least 4 members (excludes halogenated alkanes) is 1. The maximum absolute atomic E-state index is 12.9. The van der Waals surface area contributed by atoms with Crippen molar-refractivity contribution in [1.29, 1.82) is 5.26 Å². The van der Waals surface area contributed by atoms with Crippen LogP contribution in [0.3, 0.4) is 0 Å². The van der Waals surface area contributed by atoms with E-state index >= 15 is 0 Å². The lowest BCUT2D eigenvalue weighted by Crippen LogP contribution is -2.06. The Hall–Kier alpha value is -2.00. The van der Waals surface area contributed by atoms with Gasteiger partial charge in [-0.25, -0.2) is 4.98 Å². The minimum atomic E-state index is -1.34. The lowest BCUT2D eigenvalue weighted by Gasteiger charge is -2.12. The molecule has 0 aliphatic carbocycles. The number of hydrogen-bond donors (Lipinski definition) is 0. The van der Waals surface area contributed by atoms with Crippen molar-refractivity contribution in [1.82, 2.24) is 4.98 Å². The van der Waals surface area contributed by atoms with E-state index in [1.165, 1.54) is 0 Å². The third kappa shape index (κ3) is 4.21. The maximum atomic E-state index is 12.9. The van der Waals surface area contributed by atoms with E-state index in [0.29, 0.717) is 22.2 Å². The smallest absolute Gasteiger partial charge is 0.146 e. The molecule has 0 N–H and O–H groups in total. The molecule has 26 heavy (non-hydrogen) atoms. The molecule has 132 valence electrons. The number of aromatic nitrogens is 1. The first-order valence-electron chi connectivity index (χ1n) is 8.23. The fourth-order valence-electron chi connectivity index (χ4n) is 2.61. The van der Waals surface area contributed by atoms with Crippen molar-refractivity contribution in [2.75, 3.05) is 11.6 Å². The Bertz CT molecular complexity index is 934. The van der Waals surface area contributed by atoms with Gasteiger partial charge in [0.05, 0.1) is 26.9 Å². The van der Waals surface area contributed by atoms with Gasteiger partial charge in [0.25, 0.3) is 0 Å². The van der Waals surface area contributed by atoms with Crippen molar-refractivity contribution in [3.63, 3.8) is 0 Å². The van der Waals surface area contributed by atoms with Gasteiger partial charge in [0.2, 0.25) is 0 Å². The molecule has 3 nitrogen and oxygen atoms in total. The predicted octanol–water partition coefficient (Wildman–Crippen LogP) is 5.48. The van der Waals surface area contributed by atoms with Gasteiger partial charge in [-0.15, -0.1) is 22.9 Å². The Morgan fingerprint density at radius 1 is 1.15 bits per heavy atom. The minimum Gasteiger partial charge on any atom is -0.253 e. The van der Waals surface area contributed by atoms with Crippen LogP contribution in [0.5, 0.6) is 0 Å². The van der Waals surface area contributed by atoms with Gasteiger partial charge < -0.3 is 0 Å². The van der Waals surface area contributed by atoms with E-state index in [0.717, 1.165) is 34.5 Å². The van der Waals surface area contributed by atoms with E-state index < -0.39 is 10.8 Å². The number of thiophene rings is 1. The molecule has 3 rings (SSSR count). The summed E-state index contributed by atoms with van der Waals surface area (Å²) in [6, 6.07) is 17.8. The first-order chi connectivity index (χ1) is 12.7. The van der Waals surface area contributed by atoms with Gasteiger partial charge in [-0.05, 0) is 35.9 Å². The molecule has 1 unspecified atom stereocenters. The molecule has 0 bridgehead atoms. The van der Waals surface area contributed by atoms with E-state index in [1.807, 2.05) is 53.9 Å². The van der Waals surface area contributed by atoms with Crippen LogP contribution >= 0.6 is 22.9 Å². The second-order valence-corrected chi connectivity index (χ2v) is 8.45. The average molecular weight is 401 g/mol. The minimum absolute atomic E-state index is 0.367. The molecular formula is C20H17ClN2OS2. The van der Waals surface area contributed by atoms with Crippen LogP contribution in [0.25, 0.3) is 21.7 Å². The number of rotatable bonds is 7. The number of hydrogen-bond acceptors (Lipinski definition) is 4. The van der Waals surface area contributed by atoms with Crippen LogP contribution < -0.4 is 0 Å². The summed E-state index contributed by atoms with van der Waals surface area (Å²) in [5.74, 6) is 0.997. The van der Waals surface area contributed by atoms with Crippen LogP contribution in [0.1, 0.15) is 18.4 Å². The molecule has 0 saturated carbocycles. The number of nitrogens with zero attached hydrogens (tertiary/aromatic N) is 2. The van der Waals surface area contributed by atoms with Gasteiger partial charge in [-0.1, -0.05) is 36.4 Å². The van der Waals surface area contributed by atoms with E-state index in [2.05, 4.69) is 11.1 Å². The van der Waals surface area contributed by atoms with Crippen molar-refractivity contribution in [2.45, 2.75) is 17.9 Å². The number of alkyl halides is 1. The van der Waals surface area contributed by atoms with E-state index in [-0.39, 0.29) is 0 Å². The Kier molecular flexibility index (Phi) is 6.56. The Labute approximate surface area is 164 Å². The highest BCUT2D eigenvalue weighted by Gasteiger charge is 2.19. The summed E-state index contributed by atoms with van der Waals surface area (Å²) in [7, 11) is -1.34. The molecule has 1 atom stereocenters. The number of pyridine rings is 1. The van der Waals surface area contributed by atoms with E-state index in [9.17, 15) is 9.47 Å². The molecular weight excluding hydrogens is 384 g/mol. The highest BCUT2D eigenvalue weighted by molar-refractivity contribution is 7.85. The lowest BCUT2D eigenvalue weighted by atomic mass is 10.0. The second-order valence-electron chi connectivity index (χ2n) is 5.64. The first kappa shape index (κ1) is 18.8. The quantitative estimate of drug-likeness (QED) is 0.390. The van der Waals surface area contributed by atoms with Crippen LogP contribution in [0.2, 0.25) is 0 Å². The molecule has 2 heterocycles. The highest BCUT2D eigenvalue weighted by Crippen LogP contribution is 2.33. The van der Waals surface area contributed by atoms with Crippen LogP contribution in [0.4, 0.5) is 0 Å². The standard InChI is InChI=1S/C20H17ClN2OS2/c21-10-4-5-12-26(24)20-17(14-22)16(15-7-2-1-3-8-15)13-18(23-20)19-9-6-11-25-19/h1-3,6-9,11,13H,4-5,10,12H2. The number of halogens is 1. The van der Waals surface area contributed by atoms with Crippen molar-refractivity contribution in [3.05, 3.63) is 59.5 Å². The number of nitriles is 1. The van der Waals surface area contributed by atoms with Crippen molar-refractivity contribution in [3.8, 4) is 27.8 Å².